The summed E-state index contributed by atoms with van der Waals surface area (Å²) in [6.07, 6.45) is 5.05. The molecular weight excluding hydrogens is 232 g/mol. The number of esters is 1. The summed E-state index contributed by atoms with van der Waals surface area (Å²) in [6.45, 7) is 2.20. The molecule has 0 aromatic carbocycles. The number of rotatable bonds is 4. The number of aromatic nitrogens is 3. The van der Waals surface area contributed by atoms with Gasteiger partial charge >= 0.3 is 5.97 Å². The minimum Gasteiger partial charge on any atom is -0.459 e. The van der Waals surface area contributed by atoms with Gasteiger partial charge in [-0.15, -0.1) is 0 Å². The molecule has 0 aliphatic rings. The van der Waals surface area contributed by atoms with Crippen LogP contribution in [-0.2, 0) is 22.7 Å². The quantitative estimate of drug-likeness (QED) is 0.811. The smallest absolute Gasteiger partial charge is 0.328 e. The molecule has 18 heavy (non-hydrogen) atoms. The molecular formula is C12H14N4O2. The molecule has 2 heterocycles. The zero-order valence-electron chi connectivity index (χ0n) is 10.0. The molecule has 0 saturated heterocycles. The van der Waals surface area contributed by atoms with Crippen LogP contribution >= 0.6 is 0 Å². The number of hydrogen-bond acceptors (Lipinski definition) is 5. The second-order valence-corrected chi connectivity index (χ2v) is 3.97. The van der Waals surface area contributed by atoms with E-state index < -0.39 is 0 Å². The minimum atomic E-state index is -0.361. The van der Waals surface area contributed by atoms with Crippen LogP contribution in [0.2, 0.25) is 0 Å². The van der Waals surface area contributed by atoms with Gasteiger partial charge in [-0.05, 0) is 24.6 Å². The topological polar surface area (TPSA) is 83.0 Å². The summed E-state index contributed by atoms with van der Waals surface area (Å²) < 4.78 is 6.55. The summed E-state index contributed by atoms with van der Waals surface area (Å²) in [6, 6.07) is 3.55. The molecule has 0 aliphatic carbocycles. The van der Waals surface area contributed by atoms with Crippen LogP contribution in [-0.4, -0.2) is 20.7 Å². The molecule has 0 radical (unpaired) electrons. The summed E-state index contributed by atoms with van der Waals surface area (Å²) >= 11 is 0. The number of nitrogens with two attached hydrogens (primary N) is 1. The van der Waals surface area contributed by atoms with E-state index in [2.05, 4.69) is 10.1 Å². The summed E-state index contributed by atoms with van der Waals surface area (Å²) in [7, 11) is 0. The van der Waals surface area contributed by atoms with Crippen molar-refractivity contribution in [2.75, 3.05) is 5.73 Å². The normalized spacial score (nSPS) is 10.3. The number of carbonyl (C=O) groups is 1. The van der Waals surface area contributed by atoms with E-state index in [0.29, 0.717) is 5.82 Å². The highest BCUT2D eigenvalue weighted by Gasteiger charge is 2.06. The maximum Gasteiger partial charge on any atom is 0.328 e. The Kier molecular flexibility index (Phi) is 3.57. The van der Waals surface area contributed by atoms with Gasteiger partial charge in [0.25, 0.3) is 0 Å². The number of nitrogen functional groups attached to an aromatic ring is 1. The summed E-state index contributed by atoms with van der Waals surface area (Å²) in [5.41, 5.74) is 7.34. The van der Waals surface area contributed by atoms with E-state index in [1.54, 1.807) is 24.7 Å². The van der Waals surface area contributed by atoms with Crippen LogP contribution in [0.4, 0.5) is 5.82 Å². The lowest BCUT2D eigenvalue weighted by molar-refractivity contribution is -0.145. The SMILES string of the molecule is Cc1cncc(COC(=O)Cn2ccc(N)n2)c1. The van der Waals surface area contributed by atoms with Crippen molar-refractivity contribution in [2.45, 2.75) is 20.1 Å². The summed E-state index contributed by atoms with van der Waals surface area (Å²) in [5.74, 6) is 0.0188. The van der Waals surface area contributed by atoms with Crippen molar-refractivity contribution in [2.24, 2.45) is 0 Å². The Morgan fingerprint density at radius 1 is 1.50 bits per heavy atom. The summed E-state index contributed by atoms with van der Waals surface area (Å²) in [5, 5.41) is 3.90. The third-order valence-electron chi connectivity index (χ3n) is 2.28. The maximum atomic E-state index is 11.5. The first kappa shape index (κ1) is 12.1. The molecule has 0 spiro atoms. The van der Waals surface area contributed by atoms with E-state index in [9.17, 15) is 4.79 Å². The van der Waals surface area contributed by atoms with Gasteiger partial charge in [0.1, 0.15) is 19.0 Å². The van der Waals surface area contributed by atoms with Gasteiger partial charge in [-0.1, -0.05) is 0 Å². The number of hydrogen-bond donors (Lipinski definition) is 1. The number of carbonyl (C=O) groups excluding carboxylic acids is 1. The molecule has 2 rings (SSSR count). The molecule has 0 unspecified atom stereocenters. The fraction of sp³-hybridized carbons (Fsp3) is 0.250. The molecule has 6 heteroatoms. The van der Waals surface area contributed by atoms with E-state index in [4.69, 9.17) is 10.5 Å². The minimum absolute atomic E-state index is 0.0520. The predicted molar refractivity (Wildman–Crippen MR) is 65.4 cm³/mol. The first-order chi connectivity index (χ1) is 8.63. The Labute approximate surface area is 104 Å². The molecule has 2 aromatic heterocycles. The van der Waals surface area contributed by atoms with Crippen molar-refractivity contribution in [1.29, 1.82) is 0 Å². The standard InChI is InChI=1S/C12H14N4O2/c1-9-4-10(6-14-5-9)8-18-12(17)7-16-3-2-11(13)15-16/h2-6H,7-8H2,1H3,(H2,13,15). The number of ether oxygens (including phenoxy) is 1. The number of anilines is 1. The second kappa shape index (κ2) is 5.31. The molecule has 0 atom stereocenters. The molecule has 0 bridgehead atoms. The van der Waals surface area contributed by atoms with E-state index in [0.717, 1.165) is 11.1 Å². The Morgan fingerprint density at radius 2 is 2.33 bits per heavy atom. The second-order valence-electron chi connectivity index (χ2n) is 3.97. The van der Waals surface area contributed by atoms with Gasteiger partial charge in [-0.25, -0.2) is 0 Å². The molecule has 0 aliphatic heterocycles. The van der Waals surface area contributed by atoms with Crippen LogP contribution in [0.15, 0.2) is 30.7 Å². The molecule has 0 amide bonds. The highest BCUT2D eigenvalue weighted by molar-refractivity contribution is 5.69. The molecule has 2 N–H and O–H groups in total. The monoisotopic (exact) mass is 246 g/mol. The van der Waals surface area contributed by atoms with Crippen molar-refractivity contribution in [3.05, 3.63) is 41.9 Å². The number of aryl methyl sites for hydroxylation is 1. The first-order valence-corrected chi connectivity index (χ1v) is 5.48. The molecule has 0 fully saturated rings. The average molecular weight is 246 g/mol. The van der Waals surface area contributed by atoms with Crippen LogP contribution in [0, 0.1) is 6.92 Å². The van der Waals surface area contributed by atoms with Crippen molar-refractivity contribution in [3.63, 3.8) is 0 Å². The Morgan fingerprint density at radius 3 is 3.00 bits per heavy atom. The van der Waals surface area contributed by atoms with Gasteiger partial charge in [-0.3, -0.25) is 14.5 Å². The fourth-order valence-corrected chi connectivity index (χ4v) is 1.50. The van der Waals surface area contributed by atoms with Gasteiger partial charge < -0.3 is 10.5 Å². The van der Waals surface area contributed by atoms with Crippen LogP contribution in [0.3, 0.4) is 0 Å². The Balaban J connectivity index is 1.85. The van der Waals surface area contributed by atoms with Crippen LogP contribution in [0.5, 0.6) is 0 Å². The largest absolute Gasteiger partial charge is 0.459 e. The third-order valence-corrected chi connectivity index (χ3v) is 2.28. The Hall–Kier alpha value is -2.37. The van der Waals surface area contributed by atoms with Crippen molar-refractivity contribution < 1.29 is 9.53 Å². The van der Waals surface area contributed by atoms with E-state index in [-0.39, 0.29) is 19.1 Å². The first-order valence-electron chi connectivity index (χ1n) is 5.48. The highest BCUT2D eigenvalue weighted by atomic mass is 16.5. The van der Waals surface area contributed by atoms with E-state index in [1.165, 1.54) is 4.68 Å². The maximum absolute atomic E-state index is 11.5. The van der Waals surface area contributed by atoms with E-state index >= 15 is 0 Å². The molecule has 2 aromatic rings. The molecule has 6 nitrogen and oxygen atoms in total. The van der Waals surface area contributed by atoms with Crippen molar-refractivity contribution in [3.8, 4) is 0 Å². The zero-order chi connectivity index (χ0) is 13.0. The lowest BCUT2D eigenvalue weighted by Gasteiger charge is -2.05. The van der Waals surface area contributed by atoms with Crippen LogP contribution < -0.4 is 5.73 Å². The number of nitrogens with zero attached hydrogens (tertiary/aromatic N) is 3. The van der Waals surface area contributed by atoms with Crippen LogP contribution in [0.25, 0.3) is 0 Å². The highest BCUT2D eigenvalue weighted by Crippen LogP contribution is 2.03. The zero-order valence-corrected chi connectivity index (χ0v) is 10.0. The van der Waals surface area contributed by atoms with Gasteiger partial charge in [-0.2, -0.15) is 5.10 Å². The third kappa shape index (κ3) is 3.31. The fourth-order valence-electron chi connectivity index (χ4n) is 1.50. The summed E-state index contributed by atoms with van der Waals surface area (Å²) in [4.78, 5) is 15.6. The average Bonchev–Trinajstić information content (AvgIpc) is 2.72. The van der Waals surface area contributed by atoms with Crippen LogP contribution in [0.1, 0.15) is 11.1 Å². The van der Waals surface area contributed by atoms with Gasteiger partial charge in [0.2, 0.25) is 0 Å². The van der Waals surface area contributed by atoms with E-state index in [1.807, 2.05) is 13.0 Å². The van der Waals surface area contributed by atoms with Gasteiger partial charge in [0.15, 0.2) is 0 Å². The Bertz CT molecular complexity index is 551. The molecule has 94 valence electrons. The lowest BCUT2D eigenvalue weighted by Crippen LogP contribution is -2.14. The number of pyridine rings is 1. The lowest BCUT2D eigenvalue weighted by atomic mass is 10.2. The van der Waals surface area contributed by atoms with Gasteiger partial charge in [0, 0.05) is 24.2 Å². The molecule has 0 saturated carbocycles. The van der Waals surface area contributed by atoms with Crippen molar-refractivity contribution >= 4 is 11.8 Å². The van der Waals surface area contributed by atoms with Gasteiger partial charge in [0.05, 0.1) is 0 Å². The van der Waals surface area contributed by atoms with Crippen molar-refractivity contribution in [1.82, 2.24) is 14.8 Å². The predicted octanol–water partition coefficient (Wildman–Crippen LogP) is 0.912.